The van der Waals surface area contributed by atoms with E-state index in [1.165, 1.54) is 27.7 Å². The average Bonchev–Trinajstić information content (AvgIpc) is 2.66. The number of rotatable bonds is 12. The van der Waals surface area contributed by atoms with E-state index in [1.807, 2.05) is 0 Å². The largest absolute Gasteiger partial charge is 1.00 e. The second-order valence-electron chi connectivity index (χ2n) is 7.92. The summed E-state index contributed by atoms with van der Waals surface area (Å²) in [4.78, 5) is 42.6. The van der Waals surface area contributed by atoms with Crippen LogP contribution in [0.1, 0.15) is 40.5 Å². The number of hydrogen-bond acceptors (Lipinski definition) is 10. The third-order valence-electron chi connectivity index (χ3n) is 4.05. The Hall–Kier alpha value is -0.280. The molecule has 0 aromatic rings. The molecule has 0 aliphatic carbocycles. The van der Waals surface area contributed by atoms with E-state index in [9.17, 15) is 39.6 Å². The van der Waals surface area contributed by atoms with Crippen LogP contribution in [0.2, 0.25) is 0 Å². The van der Waals surface area contributed by atoms with E-state index in [0.717, 1.165) is 0 Å². The van der Waals surface area contributed by atoms with Gasteiger partial charge in [0, 0.05) is 48.7 Å². The first-order valence-electron chi connectivity index (χ1n) is 9.15. The zero-order valence-electron chi connectivity index (χ0n) is 19.6. The minimum atomic E-state index is -1.37. The van der Waals surface area contributed by atoms with E-state index < -0.39 is 46.8 Å². The molecular formula is C18H32N2Na2O10. The van der Waals surface area contributed by atoms with Crippen LogP contribution in [0.25, 0.3) is 0 Å². The van der Waals surface area contributed by atoms with Crippen molar-refractivity contribution in [3.8, 4) is 0 Å². The quantitative estimate of drug-likeness (QED) is 0.144. The first-order valence-corrected chi connectivity index (χ1v) is 9.15. The number of amides is 2. The number of aliphatic hydroxyl groups is 4. The third-order valence-corrected chi connectivity index (χ3v) is 4.05. The van der Waals surface area contributed by atoms with Gasteiger partial charge in [-0.05, 0) is 0 Å². The molecule has 14 heteroatoms. The third kappa shape index (κ3) is 17.2. The van der Waals surface area contributed by atoms with Crippen LogP contribution in [0.4, 0.5) is 0 Å². The molecule has 6 N–H and O–H groups in total. The molecule has 0 spiro atoms. The number of aliphatic hydroxyl groups excluding tert-OH is 4. The van der Waals surface area contributed by atoms with Crippen molar-refractivity contribution >= 4 is 23.8 Å². The summed E-state index contributed by atoms with van der Waals surface area (Å²) < 4.78 is 0. The first-order chi connectivity index (χ1) is 13.6. The van der Waals surface area contributed by atoms with Crippen LogP contribution in [0.5, 0.6) is 0 Å². The molecule has 0 rings (SSSR count). The Morgan fingerprint density at radius 3 is 1.16 bits per heavy atom. The van der Waals surface area contributed by atoms with E-state index in [0.29, 0.717) is 0 Å². The van der Waals surface area contributed by atoms with Gasteiger partial charge in [-0.2, -0.15) is 0 Å². The molecule has 2 atom stereocenters. The van der Waals surface area contributed by atoms with E-state index in [4.69, 9.17) is 10.2 Å². The van der Waals surface area contributed by atoms with Crippen molar-refractivity contribution in [3.05, 3.63) is 0 Å². The summed E-state index contributed by atoms with van der Waals surface area (Å²) in [5.74, 6) is -3.94. The molecule has 0 saturated carbocycles. The fourth-order valence-electron chi connectivity index (χ4n) is 1.65. The monoisotopic (exact) mass is 482 g/mol. The fourth-order valence-corrected chi connectivity index (χ4v) is 1.65. The Balaban J connectivity index is -0.000000231. The molecule has 0 aromatic heterocycles. The zero-order chi connectivity index (χ0) is 24.1. The van der Waals surface area contributed by atoms with Gasteiger partial charge < -0.3 is 50.9 Å². The standard InChI is InChI=1S/2C9H17NO5.2Na/c2*1-9(2,5-11)7(14)8(15)10-4-3-6(12)13;;/h2*7,11,14H,3-5H2,1-2H3,(H,10,15)(H,12,13);;/q;;2*+1/p-2. The minimum absolute atomic E-state index is 0. The van der Waals surface area contributed by atoms with Gasteiger partial charge in [0.05, 0.1) is 13.2 Å². The van der Waals surface area contributed by atoms with Gasteiger partial charge in [-0.25, -0.2) is 0 Å². The van der Waals surface area contributed by atoms with Gasteiger partial charge in [0.15, 0.2) is 0 Å². The second-order valence-corrected chi connectivity index (χ2v) is 7.92. The van der Waals surface area contributed by atoms with Crippen LogP contribution in [-0.2, 0) is 19.2 Å². The number of carboxylic acid groups (broad SMARTS) is 2. The molecule has 0 heterocycles. The van der Waals surface area contributed by atoms with Crippen molar-refractivity contribution in [2.75, 3.05) is 26.3 Å². The SMILES string of the molecule is CC(C)(CO)C(O)C(=O)NCCC(=O)[O-].CC(C)(CO)C(O)C(=O)NCCC(=O)[O-].[Na+].[Na+]. The molecule has 0 aliphatic rings. The molecule has 0 aliphatic heterocycles. The number of carboxylic acids is 2. The van der Waals surface area contributed by atoms with E-state index >= 15 is 0 Å². The molecule has 176 valence electrons. The van der Waals surface area contributed by atoms with Crippen molar-refractivity contribution in [2.45, 2.75) is 52.7 Å². The summed E-state index contributed by atoms with van der Waals surface area (Å²) in [6.45, 7) is 5.21. The van der Waals surface area contributed by atoms with Crippen molar-refractivity contribution in [3.63, 3.8) is 0 Å². The Morgan fingerprint density at radius 1 is 0.719 bits per heavy atom. The summed E-state index contributed by atoms with van der Waals surface area (Å²) in [6.07, 6.45) is -3.36. The molecule has 0 fully saturated rings. The number of hydrogen-bond donors (Lipinski definition) is 6. The van der Waals surface area contributed by atoms with Crippen LogP contribution in [-0.4, -0.2) is 82.7 Å². The van der Waals surface area contributed by atoms with E-state index in [-0.39, 0.29) is 98.3 Å². The average molecular weight is 482 g/mol. The minimum Gasteiger partial charge on any atom is -0.550 e. The summed E-state index contributed by atoms with van der Waals surface area (Å²) in [5.41, 5.74) is -1.91. The smallest absolute Gasteiger partial charge is 0.550 e. The summed E-state index contributed by atoms with van der Waals surface area (Å²) >= 11 is 0. The molecule has 32 heavy (non-hydrogen) atoms. The maximum absolute atomic E-state index is 11.2. The van der Waals surface area contributed by atoms with Gasteiger partial charge in [0.1, 0.15) is 12.2 Å². The van der Waals surface area contributed by atoms with Crippen LogP contribution in [0.15, 0.2) is 0 Å². The van der Waals surface area contributed by atoms with Crippen LogP contribution in [0.3, 0.4) is 0 Å². The molecule has 2 amide bonds. The van der Waals surface area contributed by atoms with Crippen LogP contribution in [0, 0.1) is 10.8 Å². The Labute approximate surface area is 231 Å². The summed E-state index contributed by atoms with van der Waals surface area (Å²) in [5, 5.41) is 61.3. The van der Waals surface area contributed by atoms with E-state index in [1.54, 1.807) is 0 Å². The molecule has 0 aromatic carbocycles. The van der Waals surface area contributed by atoms with Gasteiger partial charge >= 0.3 is 59.1 Å². The maximum atomic E-state index is 11.2. The van der Waals surface area contributed by atoms with Gasteiger partial charge in [0.2, 0.25) is 11.8 Å². The zero-order valence-corrected chi connectivity index (χ0v) is 23.6. The van der Waals surface area contributed by atoms with Gasteiger partial charge in [0.25, 0.3) is 0 Å². The number of carbonyl (C=O) groups is 4. The molecule has 0 radical (unpaired) electrons. The summed E-state index contributed by atoms with van der Waals surface area (Å²) in [7, 11) is 0. The van der Waals surface area contributed by atoms with Gasteiger partial charge in [-0.15, -0.1) is 0 Å². The van der Waals surface area contributed by atoms with Crippen molar-refractivity contribution in [1.29, 1.82) is 0 Å². The molecular weight excluding hydrogens is 450 g/mol. The van der Waals surface area contributed by atoms with Crippen molar-refractivity contribution < 1.29 is 109 Å². The van der Waals surface area contributed by atoms with Crippen LogP contribution < -0.4 is 80.0 Å². The summed E-state index contributed by atoms with van der Waals surface area (Å²) in [6, 6.07) is 0. The van der Waals surface area contributed by atoms with Gasteiger partial charge in [-0.3, -0.25) is 9.59 Å². The predicted octanol–water partition coefficient (Wildman–Crippen LogP) is -10.7. The maximum Gasteiger partial charge on any atom is 1.00 e. The number of aliphatic carboxylic acids is 2. The van der Waals surface area contributed by atoms with E-state index in [2.05, 4.69) is 10.6 Å². The second kappa shape index (κ2) is 19.1. The number of carbonyl (C=O) groups excluding carboxylic acids is 4. The normalized spacial score (nSPS) is 12.5. The topological polar surface area (TPSA) is 219 Å². The fraction of sp³-hybridized carbons (Fsp3) is 0.778. The number of nitrogens with one attached hydrogen (secondary N) is 2. The predicted molar refractivity (Wildman–Crippen MR) is 99.0 cm³/mol. The molecule has 0 bridgehead atoms. The van der Waals surface area contributed by atoms with Crippen molar-refractivity contribution in [1.82, 2.24) is 10.6 Å². The Morgan fingerprint density at radius 2 is 0.969 bits per heavy atom. The Bertz CT molecular complexity index is 538. The molecule has 2 unspecified atom stereocenters. The first kappa shape index (κ1) is 39.0. The Kier molecular flexibility index (Phi) is 23.2. The van der Waals surface area contributed by atoms with Crippen LogP contribution >= 0.6 is 0 Å². The van der Waals surface area contributed by atoms with Gasteiger partial charge in [-0.1, -0.05) is 27.7 Å². The molecule has 0 saturated heterocycles. The van der Waals surface area contributed by atoms with Crippen molar-refractivity contribution in [2.24, 2.45) is 10.8 Å². The molecule has 12 nitrogen and oxygen atoms in total.